The molecule has 4 nitrogen and oxygen atoms in total. The van der Waals surface area contributed by atoms with Crippen molar-refractivity contribution in [3.8, 4) is 0 Å². The highest BCUT2D eigenvalue weighted by atomic mass is 16.5. The standard InChI is InChI=1S/C17H21N3O/c1-2-4-16-13(3-1)8-10-21-17(16)12-20-9-7-15(19-20)11-18-14-5-6-14/h1-4,7,9,14,17-18H,5-6,8,10-12H2. The van der Waals surface area contributed by atoms with Crippen molar-refractivity contribution < 1.29 is 4.74 Å². The molecule has 2 aromatic rings. The van der Waals surface area contributed by atoms with Gasteiger partial charge in [-0.1, -0.05) is 24.3 Å². The van der Waals surface area contributed by atoms with Crippen LogP contribution in [0.15, 0.2) is 36.5 Å². The monoisotopic (exact) mass is 283 g/mol. The lowest BCUT2D eigenvalue weighted by Crippen LogP contribution is -2.21. The summed E-state index contributed by atoms with van der Waals surface area (Å²) in [6.45, 7) is 2.47. The number of fused-ring (bicyclic) bond motifs is 1. The molecule has 0 radical (unpaired) electrons. The van der Waals surface area contributed by atoms with Crippen molar-refractivity contribution in [3.63, 3.8) is 0 Å². The molecule has 21 heavy (non-hydrogen) atoms. The summed E-state index contributed by atoms with van der Waals surface area (Å²) in [4.78, 5) is 0. The van der Waals surface area contributed by atoms with Crippen molar-refractivity contribution >= 4 is 0 Å². The average molecular weight is 283 g/mol. The molecule has 1 aromatic heterocycles. The topological polar surface area (TPSA) is 39.1 Å². The van der Waals surface area contributed by atoms with E-state index in [1.54, 1.807) is 0 Å². The number of nitrogens with one attached hydrogen (secondary N) is 1. The van der Waals surface area contributed by atoms with E-state index in [9.17, 15) is 0 Å². The van der Waals surface area contributed by atoms with Crippen LogP contribution in [0, 0.1) is 0 Å². The van der Waals surface area contributed by atoms with E-state index in [2.05, 4.69) is 46.9 Å². The molecule has 1 aromatic carbocycles. The van der Waals surface area contributed by atoms with Crippen LogP contribution in [0.2, 0.25) is 0 Å². The molecule has 1 unspecified atom stereocenters. The van der Waals surface area contributed by atoms with Gasteiger partial charge in [-0.25, -0.2) is 0 Å². The second-order valence-electron chi connectivity index (χ2n) is 5.99. The summed E-state index contributed by atoms with van der Waals surface area (Å²) in [5.41, 5.74) is 3.85. The summed E-state index contributed by atoms with van der Waals surface area (Å²) < 4.78 is 7.96. The zero-order valence-electron chi connectivity index (χ0n) is 12.2. The van der Waals surface area contributed by atoms with E-state index in [1.165, 1.54) is 24.0 Å². The predicted octanol–water partition coefficient (Wildman–Crippen LogP) is 2.45. The highest BCUT2D eigenvalue weighted by Crippen LogP contribution is 2.28. The number of benzene rings is 1. The third-order valence-electron chi connectivity index (χ3n) is 4.29. The van der Waals surface area contributed by atoms with Gasteiger partial charge >= 0.3 is 0 Å². The minimum atomic E-state index is 0.124. The molecule has 1 N–H and O–H groups in total. The van der Waals surface area contributed by atoms with E-state index in [-0.39, 0.29) is 6.10 Å². The quantitative estimate of drug-likeness (QED) is 0.916. The van der Waals surface area contributed by atoms with E-state index >= 15 is 0 Å². The average Bonchev–Trinajstić information content (AvgIpc) is 3.25. The van der Waals surface area contributed by atoms with Crippen molar-refractivity contribution in [2.75, 3.05) is 6.61 Å². The van der Waals surface area contributed by atoms with E-state index in [0.29, 0.717) is 0 Å². The Morgan fingerprint density at radius 3 is 3.05 bits per heavy atom. The number of hydrogen-bond donors (Lipinski definition) is 1. The van der Waals surface area contributed by atoms with Crippen molar-refractivity contribution in [1.29, 1.82) is 0 Å². The van der Waals surface area contributed by atoms with Gasteiger partial charge in [0, 0.05) is 18.8 Å². The lowest BCUT2D eigenvalue weighted by Gasteiger charge is -2.25. The van der Waals surface area contributed by atoms with E-state index in [0.717, 1.165) is 37.9 Å². The Balaban J connectivity index is 1.44. The predicted molar refractivity (Wildman–Crippen MR) is 80.9 cm³/mol. The van der Waals surface area contributed by atoms with Gasteiger partial charge in [0.15, 0.2) is 0 Å². The largest absolute Gasteiger partial charge is 0.371 e. The maximum Gasteiger partial charge on any atom is 0.102 e. The summed E-state index contributed by atoms with van der Waals surface area (Å²) in [6.07, 6.45) is 5.83. The Kier molecular flexibility index (Phi) is 3.49. The molecule has 0 amide bonds. The second kappa shape index (κ2) is 5.62. The minimum absolute atomic E-state index is 0.124. The molecule has 4 rings (SSSR count). The van der Waals surface area contributed by atoms with Gasteiger partial charge in [-0.3, -0.25) is 4.68 Å². The lowest BCUT2D eigenvalue weighted by molar-refractivity contribution is 0.0282. The van der Waals surface area contributed by atoms with Crippen molar-refractivity contribution in [2.45, 2.75) is 44.5 Å². The van der Waals surface area contributed by atoms with Crippen LogP contribution in [-0.4, -0.2) is 22.4 Å². The zero-order chi connectivity index (χ0) is 14.1. The Bertz CT molecular complexity index is 618. The molecule has 1 saturated carbocycles. The first kappa shape index (κ1) is 13.0. The second-order valence-corrected chi connectivity index (χ2v) is 5.99. The maximum atomic E-state index is 5.95. The smallest absolute Gasteiger partial charge is 0.102 e. The number of hydrogen-bond acceptors (Lipinski definition) is 3. The van der Waals surface area contributed by atoms with Crippen LogP contribution >= 0.6 is 0 Å². The fraction of sp³-hybridized carbons (Fsp3) is 0.471. The molecule has 2 aliphatic rings. The van der Waals surface area contributed by atoms with E-state index in [4.69, 9.17) is 4.74 Å². The summed E-state index contributed by atoms with van der Waals surface area (Å²) >= 11 is 0. The number of rotatable bonds is 5. The number of aromatic nitrogens is 2. The first-order valence-electron chi connectivity index (χ1n) is 7.83. The third kappa shape index (κ3) is 3.01. The van der Waals surface area contributed by atoms with E-state index in [1.807, 2.05) is 4.68 Å². The molecule has 110 valence electrons. The van der Waals surface area contributed by atoms with Gasteiger partial charge in [-0.05, 0) is 36.5 Å². The molecule has 0 saturated heterocycles. The van der Waals surface area contributed by atoms with Crippen molar-refractivity contribution in [1.82, 2.24) is 15.1 Å². The minimum Gasteiger partial charge on any atom is -0.371 e. The van der Waals surface area contributed by atoms with Crippen LogP contribution in [0.1, 0.15) is 35.8 Å². The molecule has 2 heterocycles. The summed E-state index contributed by atoms with van der Waals surface area (Å²) in [6, 6.07) is 11.4. The van der Waals surface area contributed by atoms with E-state index < -0.39 is 0 Å². The lowest BCUT2D eigenvalue weighted by atomic mass is 9.98. The fourth-order valence-corrected chi connectivity index (χ4v) is 2.93. The molecular weight excluding hydrogens is 262 g/mol. The molecule has 1 aliphatic heterocycles. The van der Waals surface area contributed by atoms with Gasteiger partial charge in [0.1, 0.15) is 6.10 Å². The molecule has 1 aliphatic carbocycles. The van der Waals surface area contributed by atoms with Gasteiger partial charge in [0.05, 0.1) is 18.8 Å². The first-order chi connectivity index (χ1) is 10.4. The molecular formula is C17H21N3O. The molecule has 4 heteroatoms. The van der Waals surface area contributed by atoms with Gasteiger partial charge in [0.2, 0.25) is 0 Å². The van der Waals surface area contributed by atoms with Crippen molar-refractivity contribution in [3.05, 3.63) is 53.3 Å². The van der Waals surface area contributed by atoms with Crippen LogP contribution in [0.4, 0.5) is 0 Å². The Morgan fingerprint density at radius 1 is 1.24 bits per heavy atom. The van der Waals surface area contributed by atoms with Crippen LogP contribution in [0.3, 0.4) is 0 Å². The maximum absolute atomic E-state index is 5.95. The van der Waals surface area contributed by atoms with Gasteiger partial charge < -0.3 is 10.1 Å². The Hall–Kier alpha value is -1.65. The summed E-state index contributed by atoms with van der Waals surface area (Å²) in [7, 11) is 0. The highest BCUT2D eigenvalue weighted by Gasteiger charge is 2.22. The summed E-state index contributed by atoms with van der Waals surface area (Å²) in [5, 5.41) is 8.15. The third-order valence-corrected chi connectivity index (χ3v) is 4.29. The van der Waals surface area contributed by atoms with Crippen LogP contribution < -0.4 is 5.32 Å². The Labute approximate surface area is 125 Å². The van der Waals surface area contributed by atoms with Crippen LogP contribution in [0.25, 0.3) is 0 Å². The molecule has 0 spiro atoms. The fourth-order valence-electron chi connectivity index (χ4n) is 2.93. The Morgan fingerprint density at radius 2 is 2.14 bits per heavy atom. The first-order valence-corrected chi connectivity index (χ1v) is 7.83. The number of ether oxygens (including phenoxy) is 1. The van der Waals surface area contributed by atoms with Crippen LogP contribution in [-0.2, 0) is 24.2 Å². The van der Waals surface area contributed by atoms with Crippen LogP contribution in [0.5, 0.6) is 0 Å². The van der Waals surface area contributed by atoms with Gasteiger partial charge in [-0.15, -0.1) is 0 Å². The highest BCUT2D eigenvalue weighted by molar-refractivity contribution is 5.30. The summed E-state index contributed by atoms with van der Waals surface area (Å²) in [5.74, 6) is 0. The molecule has 1 atom stereocenters. The molecule has 0 bridgehead atoms. The van der Waals surface area contributed by atoms with Gasteiger partial charge in [0.25, 0.3) is 0 Å². The molecule has 1 fully saturated rings. The van der Waals surface area contributed by atoms with Crippen molar-refractivity contribution in [2.24, 2.45) is 0 Å². The normalized spacial score (nSPS) is 21.2. The zero-order valence-corrected chi connectivity index (χ0v) is 12.2. The SMILES string of the molecule is c1ccc2c(c1)CCOC2Cn1ccc(CNC2CC2)n1. The van der Waals surface area contributed by atoms with Gasteiger partial charge in [-0.2, -0.15) is 5.10 Å². The number of nitrogens with zero attached hydrogens (tertiary/aromatic N) is 2.